The average molecular weight is 229 g/mol. The largest absolute Gasteiger partial charge is 0.206 e. The van der Waals surface area contributed by atoms with Crippen LogP contribution < -0.4 is 0 Å². The number of benzene rings is 1. The third-order valence-electron chi connectivity index (χ3n) is 1.62. The van der Waals surface area contributed by atoms with E-state index >= 15 is 0 Å². The molecule has 1 aromatic rings. The van der Waals surface area contributed by atoms with E-state index in [1.807, 2.05) is 6.08 Å². The van der Waals surface area contributed by atoms with E-state index < -0.39 is 0 Å². The van der Waals surface area contributed by atoms with Crippen LogP contribution in [0.25, 0.3) is 0 Å². The van der Waals surface area contributed by atoms with E-state index in [4.69, 9.17) is 0 Å². The highest BCUT2D eigenvalue weighted by atomic mass is 79.9. The first kappa shape index (κ1) is 9.46. The highest BCUT2D eigenvalue weighted by molar-refractivity contribution is 9.10. The van der Waals surface area contributed by atoms with Crippen LogP contribution in [0.15, 0.2) is 35.3 Å². The first-order valence-corrected chi connectivity index (χ1v) is 4.58. The van der Waals surface area contributed by atoms with Gasteiger partial charge in [0.15, 0.2) is 0 Å². The Morgan fingerprint density at radius 3 is 2.83 bits per heavy atom. The molecule has 0 fully saturated rings. The second-order valence-corrected chi connectivity index (χ2v) is 3.43. The van der Waals surface area contributed by atoms with E-state index in [0.717, 1.165) is 18.4 Å². The van der Waals surface area contributed by atoms with Crippen molar-refractivity contribution in [2.24, 2.45) is 0 Å². The summed E-state index contributed by atoms with van der Waals surface area (Å²) >= 11 is 3.14. The molecule has 0 nitrogen and oxygen atoms in total. The van der Waals surface area contributed by atoms with E-state index in [-0.39, 0.29) is 5.82 Å². The molecule has 1 rings (SSSR count). The normalized spacial score (nSPS) is 9.83. The molecule has 0 aliphatic heterocycles. The fourth-order valence-electron chi connectivity index (χ4n) is 0.964. The van der Waals surface area contributed by atoms with Crippen molar-refractivity contribution < 1.29 is 4.39 Å². The van der Waals surface area contributed by atoms with Crippen LogP contribution in [0.2, 0.25) is 0 Å². The summed E-state index contributed by atoms with van der Waals surface area (Å²) in [6.45, 7) is 3.63. The lowest BCUT2D eigenvalue weighted by Crippen LogP contribution is -1.85. The van der Waals surface area contributed by atoms with E-state index in [2.05, 4.69) is 22.5 Å². The summed E-state index contributed by atoms with van der Waals surface area (Å²) in [6.07, 6.45) is 3.71. The summed E-state index contributed by atoms with van der Waals surface area (Å²) in [4.78, 5) is 0. The minimum atomic E-state index is -0.211. The number of rotatable bonds is 3. The van der Waals surface area contributed by atoms with Crippen LogP contribution in [0, 0.1) is 5.82 Å². The Bertz CT molecular complexity index is 281. The molecule has 0 aliphatic rings. The van der Waals surface area contributed by atoms with Crippen molar-refractivity contribution in [2.75, 3.05) is 0 Å². The van der Waals surface area contributed by atoms with Crippen molar-refractivity contribution >= 4 is 15.9 Å². The van der Waals surface area contributed by atoms with E-state index in [1.54, 1.807) is 12.1 Å². The first-order valence-electron chi connectivity index (χ1n) is 3.79. The third kappa shape index (κ3) is 2.45. The van der Waals surface area contributed by atoms with Crippen LogP contribution in [0.3, 0.4) is 0 Å². The van der Waals surface area contributed by atoms with Gasteiger partial charge in [-0.25, -0.2) is 4.39 Å². The second kappa shape index (κ2) is 4.41. The Morgan fingerprint density at radius 1 is 1.50 bits per heavy atom. The fourth-order valence-corrected chi connectivity index (χ4v) is 1.39. The van der Waals surface area contributed by atoms with Crippen LogP contribution >= 0.6 is 15.9 Å². The number of halogens is 2. The molecule has 0 saturated heterocycles. The number of hydrogen-bond acceptors (Lipinski definition) is 0. The monoisotopic (exact) mass is 228 g/mol. The van der Waals surface area contributed by atoms with Gasteiger partial charge in [0.25, 0.3) is 0 Å². The third-order valence-corrected chi connectivity index (χ3v) is 2.23. The molecule has 0 aromatic heterocycles. The summed E-state index contributed by atoms with van der Waals surface area (Å²) in [6, 6.07) is 5.07. The van der Waals surface area contributed by atoms with Crippen LogP contribution in [0.5, 0.6) is 0 Å². The van der Waals surface area contributed by atoms with Gasteiger partial charge in [0, 0.05) is 0 Å². The molecule has 0 bridgehead atoms. The Hall–Kier alpha value is -0.630. The lowest BCUT2D eigenvalue weighted by Gasteiger charge is -1.99. The highest BCUT2D eigenvalue weighted by Gasteiger charge is 1.98. The van der Waals surface area contributed by atoms with Crippen LogP contribution in [0.4, 0.5) is 4.39 Å². The molecule has 0 unspecified atom stereocenters. The van der Waals surface area contributed by atoms with E-state index in [9.17, 15) is 4.39 Å². The Labute approximate surface area is 80.2 Å². The maximum absolute atomic E-state index is 12.8. The van der Waals surface area contributed by atoms with Gasteiger partial charge in [-0.05, 0) is 46.5 Å². The zero-order valence-corrected chi connectivity index (χ0v) is 8.27. The molecule has 64 valence electrons. The van der Waals surface area contributed by atoms with Gasteiger partial charge >= 0.3 is 0 Å². The standard InChI is InChI=1S/C10H10BrF/c1-2-3-4-8-5-6-10(12)9(11)7-8/h2,5-7H,1,3-4H2. The second-order valence-electron chi connectivity index (χ2n) is 2.58. The van der Waals surface area contributed by atoms with E-state index in [0.29, 0.717) is 4.47 Å². The molecule has 0 radical (unpaired) electrons. The summed E-state index contributed by atoms with van der Waals surface area (Å²) in [5, 5.41) is 0. The fraction of sp³-hybridized carbons (Fsp3) is 0.200. The van der Waals surface area contributed by atoms with Gasteiger partial charge < -0.3 is 0 Å². The average Bonchev–Trinajstić information content (AvgIpc) is 2.07. The maximum atomic E-state index is 12.8. The summed E-state index contributed by atoms with van der Waals surface area (Å²) in [5.41, 5.74) is 1.13. The molecular formula is C10H10BrF. The zero-order chi connectivity index (χ0) is 8.97. The van der Waals surface area contributed by atoms with Crippen molar-refractivity contribution in [3.05, 3.63) is 46.7 Å². The van der Waals surface area contributed by atoms with Crippen LogP contribution in [0.1, 0.15) is 12.0 Å². The predicted octanol–water partition coefficient (Wildman–Crippen LogP) is 3.71. The van der Waals surface area contributed by atoms with Gasteiger partial charge in [-0.15, -0.1) is 6.58 Å². The van der Waals surface area contributed by atoms with Crippen molar-refractivity contribution in [3.63, 3.8) is 0 Å². The predicted molar refractivity (Wildman–Crippen MR) is 52.6 cm³/mol. The molecule has 0 amide bonds. The Balaban J connectivity index is 2.75. The van der Waals surface area contributed by atoms with Gasteiger partial charge in [-0.3, -0.25) is 0 Å². The SMILES string of the molecule is C=CCCc1ccc(F)c(Br)c1. The van der Waals surface area contributed by atoms with Crippen molar-refractivity contribution in [3.8, 4) is 0 Å². The van der Waals surface area contributed by atoms with Crippen LogP contribution in [-0.4, -0.2) is 0 Å². The molecule has 12 heavy (non-hydrogen) atoms. The number of allylic oxidation sites excluding steroid dienone is 1. The molecule has 0 atom stereocenters. The molecule has 2 heteroatoms. The number of aryl methyl sites for hydroxylation is 1. The topological polar surface area (TPSA) is 0 Å². The quantitative estimate of drug-likeness (QED) is 0.693. The van der Waals surface area contributed by atoms with Gasteiger partial charge in [0.1, 0.15) is 5.82 Å². The summed E-state index contributed by atoms with van der Waals surface area (Å²) in [7, 11) is 0. The molecule has 1 aromatic carbocycles. The van der Waals surface area contributed by atoms with Crippen molar-refractivity contribution in [1.82, 2.24) is 0 Å². The molecule has 0 N–H and O–H groups in total. The zero-order valence-electron chi connectivity index (χ0n) is 6.69. The lowest BCUT2D eigenvalue weighted by molar-refractivity contribution is 0.620. The Morgan fingerprint density at radius 2 is 2.25 bits per heavy atom. The number of hydrogen-bond donors (Lipinski definition) is 0. The van der Waals surface area contributed by atoms with Gasteiger partial charge in [-0.2, -0.15) is 0 Å². The van der Waals surface area contributed by atoms with Crippen LogP contribution in [-0.2, 0) is 6.42 Å². The molecule has 0 saturated carbocycles. The summed E-state index contributed by atoms with van der Waals surface area (Å²) < 4.78 is 13.3. The molecular weight excluding hydrogens is 219 g/mol. The molecule has 0 spiro atoms. The first-order chi connectivity index (χ1) is 5.74. The minimum absolute atomic E-state index is 0.211. The molecule has 0 heterocycles. The van der Waals surface area contributed by atoms with Gasteiger partial charge in [-0.1, -0.05) is 12.1 Å². The molecule has 0 aliphatic carbocycles. The lowest BCUT2D eigenvalue weighted by atomic mass is 10.1. The Kier molecular flexibility index (Phi) is 3.48. The smallest absolute Gasteiger partial charge is 0.137 e. The van der Waals surface area contributed by atoms with Gasteiger partial charge in [0.2, 0.25) is 0 Å². The van der Waals surface area contributed by atoms with E-state index in [1.165, 1.54) is 6.07 Å². The summed E-state index contributed by atoms with van der Waals surface area (Å²) in [5.74, 6) is -0.211. The maximum Gasteiger partial charge on any atom is 0.137 e. The highest BCUT2D eigenvalue weighted by Crippen LogP contribution is 2.17. The van der Waals surface area contributed by atoms with Crippen molar-refractivity contribution in [2.45, 2.75) is 12.8 Å². The van der Waals surface area contributed by atoms with Gasteiger partial charge in [0.05, 0.1) is 4.47 Å². The minimum Gasteiger partial charge on any atom is -0.206 e. The van der Waals surface area contributed by atoms with Crippen molar-refractivity contribution in [1.29, 1.82) is 0 Å².